The summed E-state index contributed by atoms with van der Waals surface area (Å²) in [7, 11) is 0. The Balaban J connectivity index is 1.64. The van der Waals surface area contributed by atoms with Crippen molar-refractivity contribution in [3.05, 3.63) is 54.2 Å². The number of hydrogen-bond acceptors (Lipinski definition) is 6. The van der Waals surface area contributed by atoms with Crippen molar-refractivity contribution in [2.75, 3.05) is 5.32 Å². The van der Waals surface area contributed by atoms with Gasteiger partial charge < -0.3 is 15.1 Å². The normalized spacial score (nSPS) is 19.2. The topological polar surface area (TPSA) is 96.1 Å². The van der Waals surface area contributed by atoms with E-state index in [1.54, 1.807) is 12.1 Å². The number of nitrogens with one attached hydrogen (secondary N) is 2. The fourth-order valence-electron chi connectivity index (χ4n) is 2.00. The average molecular weight is 360 g/mol. The average Bonchev–Trinajstić information content (AvgIpc) is 3.10. The lowest BCUT2D eigenvalue weighted by atomic mass is 10.2. The third-order valence-electron chi connectivity index (χ3n) is 3.15. The first-order valence-electron chi connectivity index (χ1n) is 7.27. The Bertz CT molecular complexity index is 818. The van der Waals surface area contributed by atoms with Crippen molar-refractivity contribution in [1.82, 2.24) is 5.32 Å². The van der Waals surface area contributed by atoms with Crippen molar-refractivity contribution in [1.29, 1.82) is 0 Å². The molecule has 1 unspecified atom stereocenters. The molecule has 1 aromatic carbocycles. The van der Waals surface area contributed by atoms with Crippen molar-refractivity contribution >= 4 is 40.6 Å². The Kier molecular flexibility index (Phi) is 5.24. The van der Waals surface area contributed by atoms with Crippen molar-refractivity contribution < 1.29 is 18.4 Å². The Hall–Kier alpha value is -2.94. The van der Waals surface area contributed by atoms with Crippen molar-refractivity contribution in [2.24, 2.45) is 10.2 Å². The van der Waals surface area contributed by atoms with Crippen LogP contribution in [0.25, 0.3) is 0 Å². The van der Waals surface area contributed by atoms with E-state index in [0.717, 1.165) is 11.8 Å². The number of rotatable bonds is 4. The number of amidine groups is 1. The lowest BCUT2D eigenvalue weighted by Crippen LogP contribution is -2.41. The van der Waals surface area contributed by atoms with Crippen LogP contribution in [0.1, 0.15) is 12.2 Å². The maximum atomic E-state index is 12.9. The first-order valence-corrected chi connectivity index (χ1v) is 8.15. The van der Waals surface area contributed by atoms with Crippen LogP contribution in [-0.4, -0.2) is 28.4 Å². The third-order valence-corrected chi connectivity index (χ3v) is 4.22. The lowest BCUT2D eigenvalue weighted by molar-refractivity contribution is -0.123. The van der Waals surface area contributed by atoms with Crippen LogP contribution in [0.4, 0.5) is 10.1 Å². The van der Waals surface area contributed by atoms with Gasteiger partial charge in [-0.15, -0.1) is 5.10 Å². The first kappa shape index (κ1) is 16.9. The van der Waals surface area contributed by atoms with Crippen LogP contribution in [0.15, 0.2) is 57.3 Å². The van der Waals surface area contributed by atoms with E-state index in [1.165, 1.54) is 36.7 Å². The zero-order valence-corrected chi connectivity index (χ0v) is 13.6. The molecule has 3 rings (SSSR count). The van der Waals surface area contributed by atoms with Gasteiger partial charge in [-0.1, -0.05) is 11.8 Å². The minimum Gasteiger partial charge on any atom is -0.463 e. The maximum absolute atomic E-state index is 12.9. The summed E-state index contributed by atoms with van der Waals surface area (Å²) in [5.74, 6) is -0.575. The van der Waals surface area contributed by atoms with Gasteiger partial charge in [0, 0.05) is 12.1 Å². The minimum atomic E-state index is -0.656. The first-order chi connectivity index (χ1) is 12.1. The third kappa shape index (κ3) is 4.77. The van der Waals surface area contributed by atoms with Crippen LogP contribution in [-0.2, 0) is 9.59 Å². The van der Waals surface area contributed by atoms with E-state index in [2.05, 4.69) is 20.8 Å². The van der Waals surface area contributed by atoms with Crippen molar-refractivity contribution in [3.8, 4) is 0 Å². The molecule has 128 valence electrons. The van der Waals surface area contributed by atoms with E-state index in [1.807, 2.05) is 0 Å². The Morgan fingerprint density at radius 2 is 2.16 bits per heavy atom. The van der Waals surface area contributed by atoms with Crippen LogP contribution in [0.5, 0.6) is 0 Å². The number of halogens is 1. The molecule has 9 heteroatoms. The van der Waals surface area contributed by atoms with Crippen LogP contribution in [0.2, 0.25) is 0 Å². The van der Waals surface area contributed by atoms with Gasteiger partial charge in [0.25, 0.3) is 0 Å². The molecule has 7 nitrogen and oxygen atoms in total. The van der Waals surface area contributed by atoms with E-state index >= 15 is 0 Å². The van der Waals surface area contributed by atoms with Gasteiger partial charge in [0.05, 0.1) is 12.5 Å². The second-order valence-corrected chi connectivity index (χ2v) is 6.21. The molecule has 0 spiro atoms. The highest BCUT2D eigenvalue weighted by Gasteiger charge is 2.30. The van der Waals surface area contributed by atoms with Crippen LogP contribution >= 0.6 is 11.8 Å². The van der Waals surface area contributed by atoms with Gasteiger partial charge in [-0.3, -0.25) is 9.59 Å². The minimum absolute atomic E-state index is 0.0125. The van der Waals surface area contributed by atoms with E-state index in [0.29, 0.717) is 11.4 Å². The summed E-state index contributed by atoms with van der Waals surface area (Å²) in [6.45, 7) is 0. The smallest absolute Gasteiger partial charge is 0.238 e. The van der Waals surface area contributed by atoms with Crippen LogP contribution in [0.3, 0.4) is 0 Å². The number of furan rings is 1. The lowest BCUT2D eigenvalue weighted by Gasteiger charge is -2.21. The molecule has 25 heavy (non-hydrogen) atoms. The zero-order chi connectivity index (χ0) is 17.6. The van der Waals surface area contributed by atoms with Crippen molar-refractivity contribution in [3.63, 3.8) is 0 Å². The number of nitrogens with zero attached hydrogens (tertiary/aromatic N) is 2. The SMILES string of the molecule is O=C1CC(C(=O)Nc2ccc(F)cc2)S/C(=N\N=C/c2ccco2)N1. The van der Waals surface area contributed by atoms with Crippen molar-refractivity contribution in [2.45, 2.75) is 11.7 Å². The van der Waals surface area contributed by atoms with Gasteiger partial charge >= 0.3 is 0 Å². The number of thioether (sulfide) groups is 1. The molecule has 2 heterocycles. The molecule has 1 aromatic heterocycles. The fraction of sp³-hybridized carbons (Fsp3) is 0.125. The molecule has 1 aliphatic rings. The standard InChI is InChI=1S/C16H13FN4O3S/c17-10-3-5-11(6-4-10)19-15(23)13-8-14(22)20-16(25-13)21-18-9-12-2-1-7-24-12/h1-7,9,13H,8H2,(H,19,23)(H,20,21,22)/b18-9-. The summed E-state index contributed by atoms with van der Waals surface area (Å²) in [6, 6.07) is 8.79. The molecule has 0 radical (unpaired) electrons. The highest BCUT2D eigenvalue weighted by molar-refractivity contribution is 8.15. The summed E-state index contributed by atoms with van der Waals surface area (Å²) in [6.07, 6.45) is 2.90. The molecule has 0 aliphatic carbocycles. The largest absolute Gasteiger partial charge is 0.463 e. The molecule has 2 aromatic rings. The highest BCUT2D eigenvalue weighted by Crippen LogP contribution is 2.22. The molecular formula is C16H13FN4O3S. The molecule has 0 saturated carbocycles. The molecule has 0 bridgehead atoms. The summed E-state index contributed by atoms with van der Waals surface area (Å²) in [4.78, 5) is 24.1. The molecule has 1 atom stereocenters. The molecule has 1 fully saturated rings. The van der Waals surface area contributed by atoms with Gasteiger partial charge in [0.1, 0.15) is 16.8 Å². The van der Waals surface area contributed by atoms with E-state index in [9.17, 15) is 14.0 Å². The number of benzene rings is 1. The summed E-state index contributed by atoms with van der Waals surface area (Å²) >= 11 is 1.09. The predicted octanol–water partition coefficient (Wildman–Crippen LogP) is 2.37. The number of hydrogen-bond donors (Lipinski definition) is 2. The van der Waals surface area contributed by atoms with Gasteiger partial charge in [-0.05, 0) is 36.4 Å². The molecule has 1 aliphatic heterocycles. The van der Waals surface area contributed by atoms with Gasteiger partial charge in [0.15, 0.2) is 5.17 Å². The van der Waals surface area contributed by atoms with E-state index < -0.39 is 11.1 Å². The second-order valence-electron chi connectivity index (χ2n) is 5.02. The Morgan fingerprint density at radius 3 is 2.88 bits per heavy atom. The Labute approximate surface area is 146 Å². The second kappa shape index (κ2) is 7.75. The zero-order valence-electron chi connectivity index (χ0n) is 12.8. The monoisotopic (exact) mass is 360 g/mol. The highest BCUT2D eigenvalue weighted by atomic mass is 32.2. The van der Waals surface area contributed by atoms with Crippen LogP contribution in [0, 0.1) is 5.82 Å². The van der Waals surface area contributed by atoms with Gasteiger partial charge in [0.2, 0.25) is 11.8 Å². The molecular weight excluding hydrogens is 347 g/mol. The fourth-order valence-corrected chi connectivity index (χ4v) is 2.94. The summed E-state index contributed by atoms with van der Waals surface area (Å²) < 4.78 is 18.0. The molecule has 1 saturated heterocycles. The Morgan fingerprint density at radius 1 is 1.36 bits per heavy atom. The quantitative estimate of drug-likeness (QED) is 0.646. The molecule has 2 N–H and O–H groups in total. The number of anilines is 1. The molecule has 2 amide bonds. The van der Waals surface area contributed by atoms with Crippen LogP contribution < -0.4 is 10.6 Å². The maximum Gasteiger partial charge on any atom is 0.238 e. The predicted molar refractivity (Wildman–Crippen MR) is 92.9 cm³/mol. The van der Waals surface area contributed by atoms with Gasteiger partial charge in [-0.25, -0.2) is 4.39 Å². The number of amides is 2. The summed E-state index contributed by atoms with van der Waals surface area (Å²) in [5.41, 5.74) is 0.451. The van der Waals surface area contributed by atoms with E-state index in [4.69, 9.17) is 4.42 Å². The number of carbonyl (C=O) groups excluding carboxylic acids is 2. The summed E-state index contributed by atoms with van der Waals surface area (Å²) in [5, 5.41) is 12.5. The number of carbonyl (C=O) groups is 2. The van der Waals surface area contributed by atoms with Gasteiger partial charge in [-0.2, -0.15) is 5.10 Å². The van der Waals surface area contributed by atoms with E-state index in [-0.39, 0.29) is 23.4 Å².